The van der Waals surface area contributed by atoms with Crippen LogP contribution < -0.4 is 5.11 Å². The summed E-state index contributed by atoms with van der Waals surface area (Å²) in [5, 5.41) is 20.9. The summed E-state index contributed by atoms with van der Waals surface area (Å²) in [4.78, 5) is 13.0. The summed E-state index contributed by atoms with van der Waals surface area (Å²) in [5.74, 6) is -0.678. The summed E-state index contributed by atoms with van der Waals surface area (Å²) in [6.45, 7) is 0. The molecule has 0 aliphatic carbocycles. The van der Waals surface area contributed by atoms with Gasteiger partial charge in [0.05, 0.1) is 16.6 Å². The van der Waals surface area contributed by atoms with Crippen molar-refractivity contribution >= 4 is 6.21 Å². The maximum atomic E-state index is 10.7. The van der Waals surface area contributed by atoms with Crippen LogP contribution in [0.5, 0.6) is 0 Å². The lowest BCUT2D eigenvalue weighted by atomic mass is 10.4. The van der Waals surface area contributed by atoms with Gasteiger partial charge in [-0.3, -0.25) is 10.1 Å². The van der Waals surface area contributed by atoms with Gasteiger partial charge in [-0.25, -0.2) is 4.99 Å². The smallest absolute Gasteiger partial charge is 0.289 e. The predicted octanol–water partition coefficient (Wildman–Crippen LogP) is -0.593. The highest BCUT2D eigenvalue weighted by Crippen LogP contribution is 2.13. The summed E-state index contributed by atoms with van der Waals surface area (Å²) in [7, 11) is 1.18. The molecule has 0 unspecified atom stereocenters. The average molecular weight is 169 g/mol. The van der Waals surface area contributed by atoms with Crippen molar-refractivity contribution in [1.29, 1.82) is 0 Å². The number of rotatable bonds is 2. The zero-order chi connectivity index (χ0) is 9.14. The largest absolute Gasteiger partial charge is 0.615 e. The molecule has 0 bridgehead atoms. The van der Waals surface area contributed by atoms with Crippen molar-refractivity contribution in [2.45, 2.75) is 0 Å². The van der Waals surface area contributed by atoms with Crippen LogP contribution in [0.3, 0.4) is 0 Å². The number of allylic oxidation sites excluding steroid dienone is 2. The molecule has 12 heavy (non-hydrogen) atoms. The lowest BCUT2D eigenvalue weighted by Gasteiger charge is -2.08. The number of nitrogens with zero attached hydrogens (tertiary/aromatic N) is 2. The minimum absolute atomic E-state index is 0.0517. The molecule has 0 aromatic heterocycles. The standard InChI is InChI=1S/C6H6N2O4/c1-12-6(9)5-2-4(3-7-5)8(10)11/h2-3,9H,1H3/p-1. The number of hydrogen-bond acceptors (Lipinski definition) is 5. The minimum atomic E-state index is -0.678. The second-order valence-electron chi connectivity index (χ2n) is 1.96. The van der Waals surface area contributed by atoms with Gasteiger partial charge in [0.2, 0.25) is 0 Å². The highest BCUT2D eigenvalue weighted by atomic mass is 16.6. The van der Waals surface area contributed by atoms with Crippen LogP contribution in [0.4, 0.5) is 0 Å². The molecule has 0 aromatic carbocycles. The molecular formula is C6H5N2O4-. The zero-order valence-electron chi connectivity index (χ0n) is 6.18. The SMILES string of the molecule is COC([O-])=C1C=C([N+](=O)[O-])C=N1. The Morgan fingerprint density at radius 3 is 2.83 bits per heavy atom. The Bertz CT molecular complexity index is 303. The third-order valence-electron chi connectivity index (χ3n) is 1.23. The highest BCUT2D eigenvalue weighted by Gasteiger charge is 2.14. The molecule has 0 saturated carbocycles. The fourth-order valence-corrected chi connectivity index (χ4v) is 0.666. The molecule has 64 valence electrons. The van der Waals surface area contributed by atoms with E-state index in [1.165, 1.54) is 7.11 Å². The lowest BCUT2D eigenvalue weighted by molar-refractivity contribution is -0.414. The van der Waals surface area contributed by atoms with Gasteiger partial charge in [0.1, 0.15) is 6.21 Å². The van der Waals surface area contributed by atoms with E-state index >= 15 is 0 Å². The Morgan fingerprint density at radius 2 is 2.42 bits per heavy atom. The molecule has 0 fully saturated rings. The predicted molar refractivity (Wildman–Crippen MR) is 37.6 cm³/mol. The van der Waals surface area contributed by atoms with Crippen LogP contribution in [-0.2, 0) is 4.74 Å². The second kappa shape index (κ2) is 3.04. The highest BCUT2D eigenvalue weighted by molar-refractivity contribution is 5.81. The van der Waals surface area contributed by atoms with E-state index in [-0.39, 0.29) is 11.4 Å². The topological polar surface area (TPSA) is 87.8 Å². The van der Waals surface area contributed by atoms with E-state index in [0.29, 0.717) is 0 Å². The molecule has 0 spiro atoms. The van der Waals surface area contributed by atoms with Crippen molar-refractivity contribution < 1.29 is 14.8 Å². The Morgan fingerprint density at radius 1 is 1.75 bits per heavy atom. The third kappa shape index (κ3) is 1.42. The van der Waals surface area contributed by atoms with Gasteiger partial charge in [-0.15, -0.1) is 0 Å². The molecular weight excluding hydrogens is 164 g/mol. The number of methoxy groups -OCH3 is 1. The minimum Gasteiger partial charge on any atom is -0.615 e. The van der Waals surface area contributed by atoms with Crippen LogP contribution in [-0.4, -0.2) is 18.2 Å². The molecule has 1 rings (SSSR count). The van der Waals surface area contributed by atoms with Gasteiger partial charge in [0.15, 0.2) is 0 Å². The Hall–Kier alpha value is -1.85. The Labute approximate surface area is 67.6 Å². The number of ether oxygens (including phenoxy) is 1. The molecule has 6 nitrogen and oxygen atoms in total. The molecule has 1 aliphatic rings. The molecule has 1 heterocycles. The van der Waals surface area contributed by atoms with Crippen LogP contribution in [0.2, 0.25) is 0 Å². The van der Waals surface area contributed by atoms with Crippen LogP contribution in [0.1, 0.15) is 0 Å². The maximum absolute atomic E-state index is 10.7. The Balaban J connectivity index is 2.93. The van der Waals surface area contributed by atoms with Gasteiger partial charge >= 0.3 is 0 Å². The van der Waals surface area contributed by atoms with Crippen molar-refractivity contribution in [3.63, 3.8) is 0 Å². The maximum Gasteiger partial charge on any atom is 0.289 e. The zero-order valence-corrected chi connectivity index (χ0v) is 6.18. The van der Waals surface area contributed by atoms with Crippen molar-refractivity contribution in [2.24, 2.45) is 4.99 Å². The summed E-state index contributed by atoms with van der Waals surface area (Å²) >= 11 is 0. The van der Waals surface area contributed by atoms with E-state index in [4.69, 9.17) is 0 Å². The van der Waals surface area contributed by atoms with E-state index in [1.807, 2.05) is 0 Å². The number of hydrogen-bond donors (Lipinski definition) is 0. The molecule has 0 radical (unpaired) electrons. The average Bonchev–Trinajstić information content (AvgIpc) is 2.51. The molecule has 0 N–H and O–H groups in total. The van der Waals surface area contributed by atoms with Crippen molar-refractivity contribution in [1.82, 2.24) is 0 Å². The molecule has 0 amide bonds. The molecule has 0 aromatic rings. The number of aliphatic imine (C=N–C) groups is 1. The van der Waals surface area contributed by atoms with E-state index in [2.05, 4.69) is 9.73 Å². The first-order chi connectivity index (χ1) is 5.65. The van der Waals surface area contributed by atoms with E-state index < -0.39 is 10.9 Å². The number of nitro groups is 1. The van der Waals surface area contributed by atoms with Crippen LogP contribution in [0, 0.1) is 10.1 Å². The fourth-order valence-electron chi connectivity index (χ4n) is 0.666. The molecule has 1 aliphatic heterocycles. The van der Waals surface area contributed by atoms with E-state index in [1.54, 1.807) is 0 Å². The van der Waals surface area contributed by atoms with Gasteiger partial charge in [0, 0.05) is 6.08 Å². The first-order valence-corrected chi connectivity index (χ1v) is 3.00. The van der Waals surface area contributed by atoms with Gasteiger partial charge in [-0.05, 0) is 7.11 Å². The van der Waals surface area contributed by atoms with Crippen molar-refractivity contribution in [2.75, 3.05) is 7.11 Å². The summed E-state index contributed by atoms with van der Waals surface area (Å²) in [5.41, 5.74) is -0.264. The second-order valence-corrected chi connectivity index (χ2v) is 1.96. The first-order valence-electron chi connectivity index (χ1n) is 3.00. The van der Waals surface area contributed by atoms with Crippen LogP contribution >= 0.6 is 0 Å². The first kappa shape index (κ1) is 8.25. The molecule has 0 atom stereocenters. The summed E-state index contributed by atoms with van der Waals surface area (Å²) in [6.07, 6.45) is 2.07. The summed E-state index contributed by atoms with van der Waals surface area (Å²) in [6, 6.07) is 0. The summed E-state index contributed by atoms with van der Waals surface area (Å²) < 4.78 is 4.31. The normalized spacial score (nSPS) is 18.9. The van der Waals surface area contributed by atoms with Crippen molar-refractivity contribution in [3.05, 3.63) is 33.5 Å². The van der Waals surface area contributed by atoms with E-state index in [9.17, 15) is 15.2 Å². The van der Waals surface area contributed by atoms with Crippen molar-refractivity contribution in [3.8, 4) is 0 Å². The monoisotopic (exact) mass is 169 g/mol. The molecule has 0 saturated heterocycles. The molecule has 6 heteroatoms. The van der Waals surface area contributed by atoms with Gasteiger partial charge < -0.3 is 9.84 Å². The lowest BCUT2D eigenvalue weighted by Crippen LogP contribution is -2.07. The van der Waals surface area contributed by atoms with E-state index in [0.717, 1.165) is 12.3 Å². The fraction of sp³-hybridized carbons (Fsp3) is 0.167. The van der Waals surface area contributed by atoms with Gasteiger partial charge in [0.25, 0.3) is 5.70 Å². The van der Waals surface area contributed by atoms with Crippen LogP contribution in [0.25, 0.3) is 0 Å². The van der Waals surface area contributed by atoms with Crippen LogP contribution in [0.15, 0.2) is 28.4 Å². The quantitative estimate of drug-likeness (QED) is 0.314. The Kier molecular flexibility index (Phi) is 2.09. The third-order valence-corrected chi connectivity index (χ3v) is 1.23. The van der Waals surface area contributed by atoms with Gasteiger partial charge in [-0.2, -0.15) is 0 Å². The van der Waals surface area contributed by atoms with Gasteiger partial charge in [-0.1, -0.05) is 0 Å².